The largest absolute Gasteiger partial charge is 0.391 e. The van der Waals surface area contributed by atoms with Crippen LogP contribution in [0.25, 0.3) is 0 Å². The number of nitrogens with zero attached hydrogens (tertiary/aromatic N) is 1. The van der Waals surface area contributed by atoms with Crippen LogP contribution in [0.2, 0.25) is 0 Å². The highest BCUT2D eigenvalue weighted by molar-refractivity contribution is 5.09. The van der Waals surface area contributed by atoms with Crippen molar-refractivity contribution in [3.63, 3.8) is 0 Å². The predicted molar refractivity (Wildman–Crippen MR) is 81.9 cm³/mol. The maximum absolute atomic E-state index is 10.8. The first-order valence-corrected chi connectivity index (χ1v) is 8.13. The minimum Gasteiger partial charge on any atom is -0.391 e. The maximum Gasteiger partial charge on any atom is 0.0835 e. The first-order valence-electron chi connectivity index (χ1n) is 8.13. The third kappa shape index (κ3) is 3.09. The van der Waals surface area contributed by atoms with Crippen LogP contribution in [0.1, 0.15) is 65.7 Å². The Bertz CT molecular complexity index is 391. The van der Waals surface area contributed by atoms with Crippen LogP contribution in [0.5, 0.6) is 0 Å². The van der Waals surface area contributed by atoms with E-state index in [-0.39, 0.29) is 5.92 Å². The van der Waals surface area contributed by atoms with Crippen LogP contribution in [0.15, 0.2) is 12.2 Å². The molecule has 0 saturated heterocycles. The van der Waals surface area contributed by atoms with E-state index >= 15 is 0 Å². The van der Waals surface area contributed by atoms with Gasteiger partial charge in [0, 0.05) is 0 Å². The van der Waals surface area contributed by atoms with E-state index in [9.17, 15) is 10.4 Å². The molecule has 0 amide bonds. The summed E-state index contributed by atoms with van der Waals surface area (Å²) in [5.41, 5.74) is -0.169. The van der Waals surface area contributed by atoms with Gasteiger partial charge in [-0.25, -0.2) is 0 Å². The fraction of sp³-hybridized carbons (Fsp3) is 0.833. The molecule has 112 valence electrons. The molecule has 2 atom stereocenters. The molecule has 2 nitrogen and oxygen atoms in total. The number of hydrogen-bond donors (Lipinski definition) is 1. The van der Waals surface area contributed by atoms with Crippen LogP contribution >= 0.6 is 0 Å². The molecule has 2 aliphatic rings. The van der Waals surface area contributed by atoms with Crippen molar-refractivity contribution in [1.82, 2.24) is 0 Å². The Morgan fingerprint density at radius 3 is 2.30 bits per heavy atom. The van der Waals surface area contributed by atoms with Gasteiger partial charge in [-0.05, 0) is 62.2 Å². The van der Waals surface area contributed by atoms with Crippen LogP contribution < -0.4 is 0 Å². The molecule has 0 aromatic rings. The number of aliphatic hydroxyl groups excluding tert-OH is 1. The van der Waals surface area contributed by atoms with Crippen molar-refractivity contribution in [2.45, 2.75) is 71.8 Å². The van der Waals surface area contributed by atoms with Crippen molar-refractivity contribution in [1.29, 1.82) is 5.26 Å². The first kappa shape index (κ1) is 15.6. The van der Waals surface area contributed by atoms with E-state index in [0.717, 1.165) is 44.9 Å². The second kappa shape index (κ2) is 5.90. The highest BCUT2D eigenvalue weighted by Crippen LogP contribution is 2.49. The van der Waals surface area contributed by atoms with Gasteiger partial charge in [0.1, 0.15) is 0 Å². The summed E-state index contributed by atoms with van der Waals surface area (Å²) >= 11 is 0. The lowest BCUT2D eigenvalue weighted by Gasteiger charge is -2.44. The minimum absolute atomic E-state index is 0.283. The second-order valence-electron chi connectivity index (χ2n) is 7.90. The van der Waals surface area contributed by atoms with Crippen LogP contribution in [0.4, 0.5) is 0 Å². The SMILES string of the molecule is CC(C)(C)C1CCC(C#N)(C(O)C2CC=CCC2)CC1. The second-order valence-corrected chi connectivity index (χ2v) is 7.90. The molecule has 0 bridgehead atoms. The summed E-state index contributed by atoms with van der Waals surface area (Å²) in [7, 11) is 0. The van der Waals surface area contributed by atoms with Crippen molar-refractivity contribution in [2.24, 2.45) is 22.7 Å². The molecule has 1 fully saturated rings. The van der Waals surface area contributed by atoms with E-state index in [1.807, 2.05) is 0 Å². The van der Waals surface area contributed by atoms with E-state index in [1.165, 1.54) is 0 Å². The number of allylic oxidation sites excluding steroid dienone is 2. The van der Waals surface area contributed by atoms with Gasteiger partial charge in [-0.15, -0.1) is 0 Å². The molecule has 0 spiro atoms. The van der Waals surface area contributed by atoms with Crippen molar-refractivity contribution in [2.75, 3.05) is 0 Å². The summed E-state index contributed by atoms with van der Waals surface area (Å²) in [6.07, 6.45) is 10.8. The third-order valence-electron chi connectivity index (χ3n) is 5.65. The Labute approximate surface area is 123 Å². The Morgan fingerprint density at radius 2 is 1.85 bits per heavy atom. The van der Waals surface area contributed by atoms with Gasteiger partial charge in [0.15, 0.2) is 0 Å². The van der Waals surface area contributed by atoms with E-state index in [4.69, 9.17) is 0 Å². The quantitative estimate of drug-likeness (QED) is 0.757. The normalized spacial score (nSPS) is 36.4. The number of aliphatic hydroxyl groups is 1. The molecule has 0 radical (unpaired) electrons. The Hall–Kier alpha value is -0.810. The Morgan fingerprint density at radius 1 is 1.20 bits per heavy atom. The summed E-state index contributed by atoms with van der Waals surface area (Å²) < 4.78 is 0. The van der Waals surface area contributed by atoms with Crippen LogP contribution in [0, 0.1) is 34.0 Å². The number of rotatable bonds is 2. The number of nitriles is 1. The van der Waals surface area contributed by atoms with Crippen LogP contribution in [-0.4, -0.2) is 11.2 Å². The van der Waals surface area contributed by atoms with Gasteiger partial charge < -0.3 is 5.11 Å². The Kier molecular flexibility index (Phi) is 4.59. The summed E-state index contributed by atoms with van der Waals surface area (Å²) in [6, 6.07) is 2.51. The fourth-order valence-electron chi connectivity index (χ4n) is 4.03. The standard InChI is InChI=1S/C18H29NO/c1-17(2,3)15-9-11-18(13-19,12-10-15)16(20)14-7-5-4-6-8-14/h4-5,14-16,20H,6-12H2,1-3H3. The fourth-order valence-corrected chi connectivity index (χ4v) is 4.03. The van der Waals surface area contributed by atoms with Gasteiger partial charge in [0.05, 0.1) is 17.6 Å². The summed E-state index contributed by atoms with van der Waals surface area (Å²) in [4.78, 5) is 0. The van der Waals surface area contributed by atoms with E-state index in [1.54, 1.807) is 0 Å². The average molecular weight is 275 g/mol. The molecule has 20 heavy (non-hydrogen) atoms. The first-order chi connectivity index (χ1) is 9.39. The molecule has 0 aromatic heterocycles. The van der Waals surface area contributed by atoms with Crippen molar-refractivity contribution >= 4 is 0 Å². The molecule has 2 aliphatic carbocycles. The zero-order valence-corrected chi connectivity index (χ0v) is 13.2. The molecule has 0 aromatic carbocycles. The zero-order valence-electron chi connectivity index (χ0n) is 13.2. The third-order valence-corrected chi connectivity index (χ3v) is 5.65. The van der Waals surface area contributed by atoms with E-state index in [0.29, 0.717) is 11.3 Å². The van der Waals surface area contributed by atoms with Gasteiger partial charge in [-0.2, -0.15) is 5.26 Å². The number of hydrogen-bond acceptors (Lipinski definition) is 2. The predicted octanol–water partition coefficient (Wildman–Crippen LogP) is 4.45. The van der Waals surface area contributed by atoms with Crippen LogP contribution in [-0.2, 0) is 0 Å². The molecule has 1 N–H and O–H groups in total. The summed E-state index contributed by atoms with van der Waals surface area (Å²) in [5, 5.41) is 20.5. The molecule has 2 rings (SSSR count). The van der Waals surface area contributed by atoms with Crippen molar-refractivity contribution < 1.29 is 5.11 Å². The lowest BCUT2D eigenvalue weighted by atomic mass is 9.60. The summed E-state index contributed by atoms with van der Waals surface area (Å²) in [6.45, 7) is 6.87. The zero-order chi connectivity index (χ0) is 14.8. The van der Waals surface area contributed by atoms with Gasteiger partial charge in [-0.1, -0.05) is 32.9 Å². The molecular formula is C18H29NO. The lowest BCUT2D eigenvalue weighted by molar-refractivity contribution is -0.0278. The molecule has 0 heterocycles. The van der Waals surface area contributed by atoms with E-state index < -0.39 is 11.5 Å². The van der Waals surface area contributed by atoms with Crippen molar-refractivity contribution in [3.05, 3.63) is 12.2 Å². The van der Waals surface area contributed by atoms with E-state index in [2.05, 4.69) is 39.0 Å². The summed E-state index contributed by atoms with van der Waals surface area (Å²) in [5.74, 6) is 0.966. The molecule has 2 heteroatoms. The molecule has 0 aliphatic heterocycles. The van der Waals surface area contributed by atoms with Crippen molar-refractivity contribution in [3.8, 4) is 6.07 Å². The van der Waals surface area contributed by atoms with Gasteiger partial charge in [0.25, 0.3) is 0 Å². The average Bonchev–Trinajstić information content (AvgIpc) is 2.46. The highest BCUT2D eigenvalue weighted by Gasteiger charge is 2.46. The van der Waals surface area contributed by atoms with Gasteiger partial charge in [0.2, 0.25) is 0 Å². The highest BCUT2D eigenvalue weighted by atomic mass is 16.3. The smallest absolute Gasteiger partial charge is 0.0835 e. The Balaban J connectivity index is 2.05. The monoisotopic (exact) mass is 275 g/mol. The maximum atomic E-state index is 10.8. The van der Waals surface area contributed by atoms with Crippen LogP contribution in [0.3, 0.4) is 0 Å². The molecule has 1 saturated carbocycles. The minimum atomic E-state index is -0.488. The molecule has 2 unspecified atom stereocenters. The lowest BCUT2D eigenvalue weighted by Crippen LogP contribution is -2.43. The molecular weight excluding hydrogens is 246 g/mol. The van der Waals surface area contributed by atoms with Gasteiger partial charge in [-0.3, -0.25) is 0 Å². The van der Waals surface area contributed by atoms with Gasteiger partial charge >= 0.3 is 0 Å². The topological polar surface area (TPSA) is 44.0 Å².